The zero-order valence-electron chi connectivity index (χ0n) is 74.2. The molecule has 0 radical (unpaired) electrons. The number of halogens is 7. The Labute approximate surface area is 781 Å². The molecular weight excluding hydrogens is 1810 g/mol. The minimum atomic E-state index is -1.67. The van der Waals surface area contributed by atoms with E-state index in [1.165, 1.54) is 97.9 Å². The number of alkyl carbamates (subject to hydrolysis) is 1. The largest absolute Gasteiger partial charge is 0.503 e. The number of methoxy groups -OCH3 is 5. The molecule has 14 rings (SSSR count). The number of hydrogen-bond acceptors (Lipinski definition) is 32. The molecule has 0 spiro atoms. The highest BCUT2D eigenvalue weighted by atomic mass is 36.0. The number of esters is 3. The van der Waals surface area contributed by atoms with Crippen molar-refractivity contribution in [3.05, 3.63) is 111 Å². The minimum Gasteiger partial charge on any atom is -0.503 e. The number of hydrogen-bond donors (Lipinski definition) is 8. The first-order valence-corrected chi connectivity index (χ1v) is 47.1. The number of likely N-dealkylation sites (N-methyl/N-ethyl adjacent to an activating group) is 4. The van der Waals surface area contributed by atoms with Gasteiger partial charge in [-0.05, 0) is 241 Å². The predicted octanol–water partition coefficient (Wildman–Crippen LogP) is 14.1. The Hall–Kier alpha value is -7.42. The smallest absolute Gasteiger partial charge is 0.408 e. The van der Waals surface area contributed by atoms with Crippen LogP contribution in [0, 0.1) is 41.4 Å². The second-order valence-electron chi connectivity index (χ2n) is 32.6. The van der Waals surface area contributed by atoms with E-state index < -0.39 is 32.9 Å². The molecule has 10 N–H and O–H groups in total. The SMILES string of the molecule is CN(c1nc(Cl)ncc1O)[C@H](CO)C1CCC1.CN1c2nc(Cl)ncc2OC[C@@H]1C1CCC1.CN[C@H](CO)C1CCC1.COC(=O)[C@@H](N)C1CCC1.COC(=O)[C@@H](N)C1CCC1.COC(=O)[C@@H](NC(=O)OC(C)(C)C)C1CCC1.COc1ccc(COc2cnc(Cl)nc2Cl)cc1.COc1ccc(COc2cnc(Cl)nc2N(C)[C@H](CO)C2CCC2)cc1.O=S(Cl)Cl. The van der Waals surface area contributed by atoms with Crippen LogP contribution in [0.25, 0.3) is 0 Å². The van der Waals surface area contributed by atoms with Gasteiger partial charge < -0.3 is 99.9 Å². The van der Waals surface area contributed by atoms with Crippen LogP contribution in [0.4, 0.5) is 22.2 Å². The molecular formula is C86H126Cl7N15O18S. The second kappa shape index (κ2) is 56.3. The molecule has 0 saturated heterocycles. The molecule has 4 aromatic heterocycles. The predicted molar refractivity (Wildman–Crippen MR) is 492 cm³/mol. The number of aromatic nitrogens is 8. The van der Waals surface area contributed by atoms with Crippen molar-refractivity contribution in [2.24, 2.45) is 52.9 Å². The molecule has 5 heterocycles. The summed E-state index contributed by atoms with van der Waals surface area (Å²) in [6.07, 6.45) is 29.8. The number of nitrogens with one attached hydrogen (secondary N) is 2. The number of nitrogens with zero attached hydrogens (tertiary/aromatic N) is 11. The molecule has 1 amide bonds. The van der Waals surface area contributed by atoms with Gasteiger partial charge in [0.05, 0.1) is 98.3 Å². The van der Waals surface area contributed by atoms with Crippen molar-refractivity contribution in [3.63, 3.8) is 0 Å². The number of carbonyl (C=O) groups is 4. The molecule has 6 aromatic rings. The van der Waals surface area contributed by atoms with E-state index in [2.05, 4.69) is 93.3 Å². The maximum atomic E-state index is 11.6. The lowest BCUT2D eigenvalue weighted by atomic mass is 9.79. The van der Waals surface area contributed by atoms with E-state index in [1.807, 2.05) is 67.5 Å². The van der Waals surface area contributed by atoms with Crippen LogP contribution >= 0.6 is 79.4 Å². The molecule has 7 aliphatic carbocycles. The number of aliphatic hydroxyl groups is 3. The van der Waals surface area contributed by atoms with Gasteiger partial charge in [-0.2, -0.15) is 15.0 Å². The summed E-state index contributed by atoms with van der Waals surface area (Å²) in [5, 5.41) is 44.3. The number of nitrogens with two attached hydrogens (primary N) is 2. The molecule has 7 saturated carbocycles. The van der Waals surface area contributed by atoms with Crippen molar-refractivity contribution >= 4 is 130 Å². The highest BCUT2D eigenvalue weighted by molar-refractivity contribution is 8.26. The summed E-state index contributed by atoms with van der Waals surface area (Å²) in [4.78, 5) is 82.5. The summed E-state index contributed by atoms with van der Waals surface area (Å²) in [5.74, 6) is 7.47. The van der Waals surface area contributed by atoms with Crippen LogP contribution in [-0.2, 0) is 55.8 Å². The quantitative estimate of drug-likeness (QED) is 0.00780. The average Bonchev–Trinajstić information content (AvgIpc) is 0.773. The molecule has 0 bridgehead atoms. The molecule has 8 aliphatic rings. The van der Waals surface area contributed by atoms with Gasteiger partial charge in [0.2, 0.25) is 30.4 Å². The van der Waals surface area contributed by atoms with Crippen molar-refractivity contribution in [1.29, 1.82) is 0 Å². The van der Waals surface area contributed by atoms with E-state index in [0.717, 1.165) is 123 Å². The molecule has 708 valence electrons. The number of carbonyl (C=O) groups excluding carboxylic acids is 4. The topological polar surface area (TPSA) is 438 Å². The Bertz CT molecular complexity index is 4260. The van der Waals surface area contributed by atoms with Crippen LogP contribution in [-0.4, -0.2) is 227 Å². The normalized spacial score (nSPS) is 17.7. The van der Waals surface area contributed by atoms with Crippen molar-refractivity contribution < 1.29 is 86.4 Å². The summed E-state index contributed by atoms with van der Waals surface area (Å²) in [6.45, 7) is 7.23. The van der Waals surface area contributed by atoms with Crippen LogP contribution in [0.3, 0.4) is 0 Å². The van der Waals surface area contributed by atoms with Crippen molar-refractivity contribution in [2.45, 2.75) is 217 Å². The monoisotopic (exact) mass is 1930 g/mol. The Kier molecular flexibility index (Phi) is 48.1. The van der Waals surface area contributed by atoms with Crippen molar-refractivity contribution in [3.8, 4) is 34.5 Å². The third kappa shape index (κ3) is 35.7. The van der Waals surface area contributed by atoms with Gasteiger partial charge in [0.15, 0.2) is 45.6 Å². The number of anilines is 3. The fourth-order valence-corrected chi connectivity index (χ4v) is 15.1. The molecule has 2 aromatic carbocycles. The van der Waals surface area contributed by atoms with Gasteiger partial charge in [-0.25, -0.2) is 38.7 Å². The number of amides is 1. The maximum Gasteiger partial charge on any atom is 0.408 e. The van der Waals surface area contributed by atoms with Gasteiger partial charge in [0, 0.05) is 48.5 Å². The van der Waals surface area contributed by atoms with Crippen molar-refractivity contribution in [1.82, 2.24) is 50.5 Å². The number of aliphatic hydroxyl groups excluding tert-OH is 3. The first-order chi connectivity index (χ1) is 60.6. The van der Waals surface area contributed by atoms with E-state index in [0.29, 0.717) is 78.7 Å². The third-order valence-corrected chi connectivity index (χ3v) is 24.6. The Morgan fingerprint density at radius 2 is 0.945 bits per heavy atom. The summed E-state index contributed by atoms with van der Waals surface area (Å²) >= 11 is 29.0. The zero-order chi connectivity index (χ0) is 93.5. The minimum absolute atomic E-state index is 0.00180. The summed E-state index contributed by atoms with van der Waals surface area (Å²) in [5.41, 5.74) is 12.5. The van der Waals surface area contributed by atoms with Gasteiger partial charge in [0.25, 0.3) is 0 Å². The number of aromatic hydroxyl groups is 1. The third-order valence-electron chi connectivity index (χ3n) is 23.6. The molecule has 7 atom stereocenters. The van der Waals surface area contributed by atoms with Crippen LogP contribution in [0.1, 0.15) is 167 Å². The van der Waals surface area contributed by atoms with E-state index in [4.69, 9.17) is 112 Å². The number of benzene rings is 2. The summed E-state index contributed by atoms with van der Waals surface area (Å²) in [7, 11) is 22.4. The zero-order valence-corrected chi connectivity index (χ0v) is 80.3. The molecule has 127 heavy (non-hydrogen) atoms. The molecule has 0 unspecified atom stereocenters. The standard InChI is InChI=1S/C19H24ClN3O3.C12H10Cl2N2O2.C12H21NO4.C11H16ClN3O2.C11H14ClN3O.2C7H13NO2.C7H15NO.Cl2OS/c1-23(16(11-24)14-4-3-5-14)18-17(10-21-19(20)22-18)26-12-13-6-8-15(25-2)9-7-13;1-17-9-4-2-8(3-5-9)7-18-10-6-15-12(14)16-11(10)13;1-12(2,3)17-11(15)13-9(10(14)16-4)8-6-5-7-8;1-15(8(6-16)7-3-2-4-7)10-9(17)5-13-11(12)14-10;1-15-8(7-3-2-4-7)6-16-9-5-13-11(12)14-10(9)15;2*1-10-7(9)6(8)5-3-2-4-5;1-8-7(5-9)6-3-2-4-6;1-4(2)3/h6-10,14,16,24H,3-5,11-12H2,1-2H3;2-6H,7H2,1H3;8-9H,5-7H2,1-4H3,(H,13,15);5,7-8,16-17H,2-4,6H2,1H3;5,7-8H,2-4,6H2,1H3;2*5-6H,2-4,8H2,1H3;6-9H,2-5H2,1H3;/t16-;;9-;2*8-;2*6-;7-;/m1.011001./s1. The van der Waals surface area contributed by atoms with E-state index in [1.54, 1.807) is 59.3 Å². The Morgan fingerprint density at radius 3 is 1.31 bits per heavy atom. The average molecular weight is 1940 g/mol. The fourth-order valence-electron chi connectivity index (χ4n) is 14.3. The first-order valence-electron chi connectivity index (χ1n) is 42.4. The highest BCUT2D eigenvalue weighted by Gasteiger charge is 2.39. The first kappa shape index (κ1) is 108. The lowest BCUT2D eigenvalue weighted by Gasteiger charge is -2.42. The molecule has 7 fully saturated rings. The van der Waals surface area contributed by atoms with Gasteiger partial charge in [-0.3, -0.25) is 9.59 Å². The summed E-state index contributed by atoms with van der Waals surface area (Å²) < 4.78 is 55.3. The van der Waals surface area contributed by atoms with Crippen LogP contribution in [0.5, 0.6) is 34.5 Å². The van der Waals surface area contributed by atoms with Crippen LogP contribution in [0.2, 0.25) is 26.3 Å². The van der Waals surface area contributed by atoms with Gasteiger partial charge in [-0.1, -0.05) is 80.8 Å². The van der Waals surface area contributed by atoms with Crippen molar-refractivity contribution in [2.75, 3.05) is 105 Å². The maximum absolute atomic E-state index is 11.6. The molecule has 1 aliphatic heterocycles. The molecule has 41 heteroatoms. The van der Waals surface area contributed by atoms with Gasteiger partial charge >= 0.3 is 24.0 Å². The highest BCUT2D eigenvalue weighted by Crippen LogP contribution is 2.42. The number of rotatable bonds is 27. The van der Waals surface area contributed by atoms with Gasteiger partial charge in [-0.15, -0.1) is 0 Å². The summed E-state index contributed by atoms with van der Waals surface area (Å²) in [6, 6.07) is 14.6. The molecule has 33 nitrogen and oxygen atoms in total. The second-order valence-corrected chi connectivity index (χ2v) is 36.9. The number of fused-ring (bicyclic) bond motifs is 1. The van der Waals surface area contributed by atoms with Crippen LogP contribution in [0.15, 0.2) is 73.3 Å². The van der Waals surface area contributed by atoms with E-state index in [-0.39, 0.29) is 87.3 Å². The van der Waals surface area contributed by atoms with E-state index >= 15 is 0 Å². The Balaban J connectivity index is 0.000000227. The fraction of sp³-hybridized carbons (Fsp3) is 0.628. The van der Waals surface area contributed by atoms with Gasteiger partial charge in [0.1, 0.15) is 55.0 Å². The lowest BCUT2D eigenvalue weighted by Crippen LogP contribution is -2.49. The van der Waals surface area contributed by atoms with Crippen LogP contribution < -0.4 is 60.5 Å². The number of ether oxygens (including phenoxy) is 9. The Morgan fingerprint density at radius 1 is 0.551 bits per heavy atom. The van der Waals surface area contributed by atoms with E-state index in [9.17, 15) is 34.5 Å². The lowest BCUT2D eigenvalue weighted by molar-refractivity contribution is -0.146.